The van der Waals surface area contributed by atoms with Crippen LogP contribution in [0.1, 0.15) is 19.4 Å². The molecule has 0 bridgehead atoms. The average molecular weight is 466 g/mol. The third-order valence-corrected chi connectivity index (χ3v) is 5.13. The summed E-state index contributed by atoms with van der Waals surface area (Å²) in [7, 11) is 1.82. The van der Waals surface area contributed by atoms with Crippen molar-refractivity contribution in [3.05, 3.63) is 66.0 Å². The minimum absolute atomic E-state index is 0.163. The molecular formula is C27H32FN3O3. The van der Waals surface area contributed by atoms with Crippen LogP contribution >= 0.6 is 0 Å². The monoisotopic (exact) mass is 465 g/mol. The number of aromatic nitrogens is 2. The highest BCUT2D eigenvalue weighted by Gasteiger charge is 2.24. The van der Waals surface area contributed by atoms with Gasteiger partial charge >= 0.3 is 0 Å². The number of aliphatic hydroxyl groups is 1. The predicted molar refractivity (Wildman–Crippen MR) is 131 cm³/mol. The van der Waals surface area contributed by atoms with Crippen molar-refractivity contribution in [2.24, 2.45) is 13.0 Å². The molecule has 0 amide bonds. The van der Waals surface area contributed by atoms with Crippen molar-refractivity contribution < 1.29 is 19.0 Å². The number of benzene rings is 2. The van der Waals surface area contributed by atoms with Crippen molar-refractivity contribution in [3.63, 3.8) is 0 Å². The van der Waals surface area contributed by atoms with Crippen LogP contribution in [0.4, 0.5) is 4.39 Å². The molecule has 1 N–H and O–H groups in total. The Labute approximate surface area is 200 Å². The lowest BCUT2D eigenvalue weighted by atomic mass is 10.1. The van der Waals surface area contributed by atoms with Gasteiger partial charge in [0.15, 0.2) is 0 Å². The molecule has 180 valence electrons. The van der Waals surface area contributed by atoms with E-state index in [1.807, 2.05) is 37.4 Å². The predicted octanol–water partition coefficient (Wildman–Crippen LogP) is 4.49. The van der Waals surface area contributed by atoms with Crippen LogP contribution in [0.15, 0.2) is 54.6 Å². The van der Waals surface area contributed by atoms with Crippen molar-refractivity contribution in [3.8, 4) is 35.2 Å². The zero-order valence-electron chi connectivity index (χ0n) is 19.9. The lowest BCUT2D eigenvalue weighted by Crippen LogP contribution is -2.37. The second-order valence-corrected chi connectivity index (χ2v) is 8.64. The Balaban J connectivity index is 1.94. The summed E-state index contributed by atoms with van der Waals surface area (Å²) in [5.41, 5.74) is 2.65. The van der Waals surface area contributed by atoms with Crippen LogP contribution < -0.4 is 4.74 Å². The molecule has 0 saturated heterocycles. The summed E-state index contributed by atoms with van der Waals surface area (Å²) in [6, 6.07) is 15.8. The lowest BCUT2D eigenvalue weighted by molar-refractivity contribution is 0.0237. The van der Waals surface area contributed by atoms with Crippen LogP contribution in [-0.4, -0.2) is 52.2 Å². The standard InChI is InChI=1S/C27H32FN3O3/c1-5-15-33-19-23(32)17-31(16-20(2)3)18-25-26(21-9-7-6-8-10-21)29-30(4)27(25)34-24-13-11-22(28)12-14-24/h1,6-14,20,23,32H,15-19H2,2-4H3/t23-/m1/s1. The van der Waals surface area contributed by atoms with Gasteiger partial charge in [-0.15, -0.1) is 6.42 Å². The number of hydrogen-bond donors (Lipinski definition) is 1. The maximum Gasteiger partial charge on any atom is 0.222 e. The van der Waals surface area contributed by atoms with E-state index in [4.69, 9.17) is 21.0 Å². The molecule has 0 aliphatic rings. The van der Waals surface area contributed by atoms with E-state index < -0.39 is 6.10 Å². The second-order valence-electron chi connectivity index (χ2n) is 8.64. The van der Waals surface area contributed by atoms with Gasteiger partial charge in [-0.05, 0) is 30.2 Å². The van der Waals surface area contributed by atoms with Crippen molar-refractivity contribution >= 4 is 0 Å². The second kappa shape index (κ2) is 12.3. The number of halogens is 1. The Bertz CT molecular complexity index is 1070. The summed E-state index contributed by atoms with van der Waals surface area (Å²) in [6.45, 7) is 6.25. The average Bonchev–Trinajstić information content (AvgIpc) is 3.10. The van der Waals surface area contributed by atoms with E-state index in [-0.39, 0.29) is 19.0 Å². The fraction of sp³-hybridized carbons (Fsp3) is 0.370. The highest BCUT2D eigenvalue weighted by molar-refractivity contribution is 5.65. The van der Waals surface area contributed by atoms with Gasteiger partial charge in [-0.2, -0.15) is 5.10 Å². The van der Waals surface area contributed by atoms with E-state index >= 15 is 0 Å². The molecule has 0 spiro atoms. The lowest BCUT2D eigenvalue weighted by Gasteiger charge is -2.27. The molecule has 0 fully saturated rings. The number of ether oxygens (including phenoxy) is 2. The zero-order chi connectivity index (χ0) is 24.5. The number of terminal acetylenes is 1. The first-order chi connectivity index (χ1) is 16.4. The SMILES string of the molecule is C#CCOC[C@H](O)CN(Cc1c(-c2ccccc2)nn(C)c1Oc1ccc(F)cc1)CC(C)C. The molecule has 3 rings (SSSR count). The van der Waals surface area contributed by atoms with Crippen molar-refractivity contribution in [1.82, 2.24) is 14.7 Å². The molecule has 1 aromatic heterocycles. The summed E-state index contributed by atoms with van der Waals surface area (Å²) in [5.74, 6) is 3.54. The number of aryl methyl sites for hydroxylation is 1. The summed E-state index contributed by atoms with van der Waals surface area (Å²) in [4.78, 5) is 2.16. The van der Waals surface area contributed by atoms with Gasteiger partial charge < -0.3 is 14.6 Å². The highest BCUT2D eigenvalue weighted by atomic mass is 19.1. The third-order valence-electron chi connectivity index (χ3n) is 5.13. The van der Waals surface area contributed by atoms with E-state index in [9.17, 15) is 9.50 Å². The van der Waals surface area contributed by atoms with Gasteiger partial charge in [-0.1, -0.05) is 50.1 Å². The van der Waals surface area contributed by atoms with Crippen LogP contribution in [0.25, 0.3) is 11.3 Å². The highest BCUT2D eigenvalue weighted by Crippen LogP contribution is 2.34. The summed E-state index contributed by atoms with van der Waals surface area (Å²) in [6.07, 6.45) is 4.55. The van der Waals surface area contributed by atoms with E-state index in [1.165, 1.54) is 12.1 Å². The molecule has 0 unspecified atom stereocenters. The van der Waals surface area contributed by atoms with Gasteiger partial charge in [-0.25, -0.2) is 9.07 Å². The van der Waals surface area contributed by atoms with Gasteiger partial charge in [0, 0.05) is 32.2 Å². The van der Waals surface area contributed by atoms with Gasteiger partial charge in [-0.3, -0.25) is 4.90 Å². The van der Waals surface area contributed by atoms with Crippen LogP contribution in [0.2, 0.25) is 0 Å². The fourth-order valence-corrected chi connectivity index (χ4v) is 3.81. The van der Waals surface area contributed by atoms with Gasteiger partial charge in [0.05, 0.1) is 18.3 Å². The molecule has 2 aromatic carbocycles. The van der Waals surface area contributed by atoms with Crippen molar-refractivity contribution in [2.75, 3.05) is 26.3 Å². The van der Waals surface area contributed by atoms with E-state index in [1.54, 1.807) is 16.8 Å². The van der Waals surface area contributed by atoms with E-state index in [2.05, 4.69) is 24.7 Å². The molecule has 0 saturated carbocycles. The number of hydrogen-bond acceptors (Lipinski definition) is 5. The number of rotatable bonds is 12. The molecule has 0 radical (unpaired) electrons. The van der Waals surface area contributed by atoms with Crippen LogP contribution in [0.3, 0.4) is 0 Å². The Hall–Kier alpha value is -3.18. The zero-order valence-corrected chi connectivity index (χ0v) is 19.9. The van der Waals surface area contributed by atoms with Gasteiger partial charge in [0.1, 0.15) is 23.9 Å². The first-order valence-electron chi connectivity index (χ1n) is 11.3. The fourth-order valence-electron chi connectivity index (χ4n) is 3.81. The molecule has 34 heavy (non-hydrogen) atoms. The molecule has 7 heteroatoms. The molecular weight excluding hydrogens is 433 g/mol. The maximum absolute atomic E-state index is 13.4. The number of aliphatic hydroxyl groups excluding tert-OH is 1. The molecule has 6 nitrogen and oxygen atoms in total. The summed E-state index contributed by atoms with van der Waals surface area (Å²) < 4.78 is 26.6. The van der Waals surface area contributed by atoms with Gasteiger partial charge in [0.25, 0.3) is 0 Å². The Morgan fingerprint density at radius 3 is 2.47 bits per heavy atom. The van der Waals surface area contributed by atoms with Crippen LogP contribution in [0.5, 0.6) is 11.6 Å². The normalized spacial score (nSPS) is 12.2. The smallest absolute Gasteiger partial charge is 0.222 e. The maximum atomic E-state index is 13.4. The third kappa shape index (κ3) is 7.16. The molecule has 0 aliphatic heterocycles. The molecule has 1 heterocycles. The molecule has 3 aromatic rings. The van der Waals surface area contributed by atoms with Crippen LogP contribution in [-0.2, 0) is 18.3 Å². The largest absolute Gasteiger partial charge is 0.439 e. The topological polar surface area (TPSA) is 59.8 Å². The van der Waals surface area contributed by atoms with Crippen molar-refractivity contribution in [1.29, 1.82) is 0 Å². The van der Waals surface area contributed by atoms with E-state index in [0.29, 0.717) is 30.6 Å². The summed E-state index contributed by atoms with van der Waals surface area (Å²) >= 11 is 0. The minimum atomic E-state index is -0.689. The first kappa shape index (κ1) is 25.4. The van der Waals surface area contributed by atoms with Crippen LogP contribution in [0, 0.1) is 24.1 Å². The first-order valence-corrected chi connectivity index (χ1v) is 11.3. The number of nitrogens with zero attached hydrogens (tertiary/aromatic N) is 3. The van der Waals surface area contributed by atoms with Crippen molar-refractivity contribution in [2.45, 2.75) is 26.5 Å². The Morgan fingerprint density at radius 2 is 1.82 bits per heavy atom. The van der Waals surface area contributed by atoms with E-state index in [0.717, 1.165) is 23.4 Å². The quantitative estimate of drug-likeness (QED) is 0.316. The molecule has 1 atom stereocenters. The Kier molecular flexibility index (Phi) is 9.23. The summed E-state index contributed by atoms with van der Waals surface area (Å²) in [5, 5.41) is 15.3. The van der Waals surface area contributed by atoms with Gasteiger partial charge in [0.2, 0.25) is 5.88 Å². The molecule has 0 aliphatic carbocycles. The minimum Gasteiger partial charge on any atom is -0.439 e. The Morgan fingerprint density at radius 1 is 1.12 bits per heavy atom.